The van der Waals surface area contributed by atoms with Gasteiger partial charge in [0, 0.05) is 23.6 Å². The number of β-lactam (4-membered cyclic amide) rings is 1. The molecule has 1 aliphatic heterocycles. The molecule has 0 aromatic heterocycles. The number of esters is 1. The molecule has 2 atom stereocenters. The molecule has 2 aromatic rings. The van der Waals surface area contributed by atoms with Gasteiger partial charge >= 0.3 is 5.97 Å². The normalized spacial score (nSPS) is 16.7. The number of non-ortho nitro benzene ring substituents is 1. The number of nitro benzene ring substituents is 1. The van der Waals surface area contributed by atoms with E-state index in [0.29, 0.717) is 11.1 Å². The van der Waals surface area contributed by atoms with Gasteiger partial charge in [-0.3, -0.25) is 19.7 Å². The number of nitrogens with one attached hydrogen (secondary N) is 2. The summed E-state index contributed by atoms with van der Waals surface area (Å²) in [6.07, 6.45) is -0.759. The summed E-state index contributed by atoms with van der Waals surface area (Å²) in [6, 6.07) is 13.1. The molecule has 0 aliphatic carbocycles. The van der Waals surface area contributed by atoms with E-state index < -0.39 is 29.1 Å². The highest BCUT2D eigenvalue weighted by atomic mass is 16.6. The van der Waals surface area contributed by atoms with E-state index in [1.54, 1.807) is 30.3 Å². The Hall–Kier alpha value is -4.23. The Balaban J connectivity index is 1.40. The summed E-state index contributed by atoms with van der Waals surface area (Å²) in [7, 11) is 0. The number of rotatable bonds is 7. The van der Waals surface area contributed by atoms with Crippen LogP contribution in [0.1, 0.15) is 15.9 Å². The molecule has 158 valence electrons. The number of hydrogen-bond donors (Lipinski definition) is 2. The van der Waals surface area contributed by atoms with E-state index >= 15 is 0 Å². The quantitative estimate of drug-likeness (QED) is 0.169. The SMILES string of the molecule is O=C(C#CCO[C@H]1NC(=O)[C@@H]1NC(=O)c1ccccc1)OCc1ccc([N+](=O)[O-])cc1. The molecule has 10 nitrogen and oxygen atoms in total. The van der Waals surface area contributed by atoms with E-state index in [9.17, 15) is 24.5 Å². The maximum absolute atomic E-state index is 12.1. The Morgan fingerprint density at radius 1 is 1.13 bits per heavy atom. The summed E-state index contributed by atoms with van der Waals surface area (Å²) < 4.78 is 10.3. The summed E-state index contributed by atoms with van der Waals surface area (Å²) in [6.45, 7) is -0.256. The molecular weight excluding hydrogens is 406 g/mol. The van der Waals surface area contributed by atoms with Gasteiger partial charge in [-0.2, -0.15) is 0 Å². The topological polar surface area (TPSA) is 137 Å². The molecule has 0 spiro atoms. The van der Waals surface area contributed by atoms with Crippen molar-refractivity contribution in [3.05, 3.63) is 75.8 Å². The van der Waals surface area contributed by atoms with Crippen molar-refractivity contribution in [2.24, 2.45) is 0 Å². The lowest BCUT2D eigenvalue weighted by Gasteiger charge is -2.36. The van der Waals surface area contributed by atoms with Gasteiger partial charge in [0.15, 0.2) is 12.3 Å². The van der Waals surface area contributed by atoms with Crippen LogP contribution in [0.4, 0.5) is 5.69 Å². The van der Waals surface area contributed by atoms with Gasteiger partial charge in [0.1, 0.15) is 13.2 Å². The number of carbonyl (C=O) groups excluding carboxylic acids is 3. The number of nitro groups is 1. The van der Waals surface area contributed by atoms with Crippen LogP contribution in [0.15, 0.2) is 54.6 Å². The van der Waals surface area contributed by atoms with Crippen molar-refractivity contribution in [3.63, 3.8) is 0 Å². The maximum Gasteiger partial charge on any atom is 0.384 e. The van der Waals surface area contributed by atoms with Crippen LogP contribution in [0.3, 0.4) is 0 Å². The molecule has 0 bridgehead atoms. The lowest BCUT2D eigenvalue weighted by molar-refractivity contribution is -0.384. The molecule has 10 heteroatoms. The number of nitrogens with zero attached hydrogens (tertiary/aromatic N) is 1. The number of amides is 2. The number of hydrogen-bond acceptors (Lipinski definition) is 7. The lowest BCUT2D eigenvalue weighted by Crippen LogP contribution is -2.70. The van der Waals surface area contributed by atoms with Crippen molar-refractivity contribution < 1.29 is 28.8 Å². The summed E-state index contributed by atoms with van der Waals surface area (Å²) in [5, 5.41) is 15.7. The first-order chi connectivity index (χ1) is 14.9. The first-order valence-electron chi connectivity index (χ1n) is 9.11. The van der Waals surface area contributed by atoms with Crippen molar-refractivity contribution in [2.75, 3.05) is 6.61 Å². The van der Waals surface area contributed by atoms with Crippen LogP contribution in [0.5, 0.6) is 0 Å². The van der Waals surface area contributed by atoms with Gasteiger partial charge in [-0.1, -0.05) is 24.1 Å². The fraction of sp³-hybridized carbons (Fsp3) is 0.190. The van der Waals surface area contributed by atoms with Crippen LogP contribution in [0, 0.1) is 22.0 Å². The van der Waals surface area contributed by atoms with E-state index in [0.717, 1.165) is 0 Å². The third kappa shape index (κ3) is 5.88. The van der Waals surface area contributed by atoms with Crippen molar-refractivity contribution >= 4 is 23.5 Å². The molecule has 0 saturated carbocycles. The third-order valence-electron chi connectivity index (χ3n) is 4.23. The second-order valence-electron chi connectivity index (χ2n) is 6.36. The number of ether oxygens (including phenoxy) is 2. The molecule has 1 heterocycles. The molecule has 1 aliphatic rings. The van der Waals surface area contributed by atoms with E-state index in [1.807, 2.05) is 0 Å². The standard InChI is InChI=1S/C21H17N3O7/c25-17(31-13-14-8-10-16(11-9-14)24(28)29)7-4-12-30-21-18(20(27)23-21)22-19(26)15-5-2-1-3-6-15/h1-3,5-6,8-11,18,21H,12-13H2,(H,22,26)(H,23,27)/t18-,21+/m0/s1. The average Bonchev–Trinajstić information content (AvgIpc) is 2.78. The zero-order valence-electron chi connectivity index (χ0n) is 16.1. The first-order valence-corrected chi connectivity index (χ1v) is 9.11. The first kappa shape index (κ1) is 21.5. The molecule has 31 heavy (non-hydrogen) atoms. The van der Waals surface area contributed by atoms with E-state index in [2.05, 4.69) is 22.5 Å². The Morgan fingerprint density at radius 3 is 2.48 bits per heavy atom. The van der Waals surface area contributed by atoms with Crippen molar-refractivity contribution in [1.82, 2.24) is 10.6 Å². The van der Waals surface area contributed by atoms with Crippen LogP contribution in [0.25, 0.3) is 0 Å². The highest BCUT2D eigenvalue weighted by Gasteiger charge is 2.41. The van der Waals surface area contributed by atoms with Crippen LogP contribution < -0.4 is 10.6 Å². The van der Waals surface area contributed by atoms with Gasteiger partial charge in [0.2, 0.25) is 5.91 Å². The van der Waals surface area contributed by atoms with Crippen molar-refractivity contribution in [2.45, 2.75) is 18.9 Å². The Morgan fingerprint density at radius 2 is 1.84 bits per heavy atom. The summed E-state index contributed by atoms with van der Waals surface area (Å²) in [5.74, 6) is 3.11. The molecule has 1 fully saturated rings. The third-order valence-corrected chi connectivity index (χ3v) is 4.23. The summed E-state index contributed by atoms with van der Waals surface area (Å²) >= 11 is 0. The van der Waals surface area contributed by atoms with Crippen LogP contribution in [-0.2, 0) is 25.7 Å². The van der Waals surface area contributed by atoms with Crippen LogP contribution in [0.2, 0.25) is 0 Å². The Bertz CT molecular complexity index is 1040. The lowest BCUT2D eigenvalue weighted by atomic mass is 10.1. The highest BCUT2D eigenvalue weighted by Crippen LogP contribution is 2.12. The zero-order chi connectivity index (χ0) is 22.2. The fourth-order valence-corrected chi connectivity index (χ4v) is 2.59. The second kappa shape index (κ2) is 10.00. The van der Waals surface area contributed by atoms with Gasteiger partial charge in [-0.15, -0.1) is 0 Å². The van der Waals surface area contributed by atoms with E-state index in [1.165, 1.54) is 24.3 Å². The highest BCUT2D eigenvalue weighted by molar-refractivity contribution is 5.99. The largest absolute Gasteiger partial charge is 0.451 e. The average molecular weight is 423 g/mol. The molecule has 1 saturated heterocycles. The predicted molar refractivity (Wildman–Crippen MR) is 106 cm³/mol. The predicted octanol–water partition coefficient (Wildman–Crippen LogP) is 0.913. The number of benzene rings is 2. The Labute approximate surface area is 176 Å². The molecule has 3 rings (SSSR count). The molecule has 0 unspecified atom stereocenters. The van der Waals surface area contributed by atoms with E-state index in [-0.39, 0.29) is 24.8 Å². The van der Waals surface area contributed by atoms with Gasteiger partial charge in [-0.25, -0.2) is 4.79 Å². The molecule has 0 radical (unpaired) electrons. The monoisotopic (exact) mass is 423 g/mol. The Kier molecular flexibility index (Phi) is 6.93. The minimum Gasteiger partial charge on any atom is -0.451 e. The smallest absolute Gasteiger partial charge is 0.384 e. The van der Waals surface area contributed by atoms with Crippen LogP contribution >= 0.6 is 0 Å². The van der Waals surface area contributed by atoms with Gasteiger partial charge in [-0.05, 0) is 29.8 Å². The number of carbonyl (C=O) groups is 3. The van der Waals surface area contributed by atoms with Crippen molar-refractivity contribution in [1.29, 1.82) is 0 Å². The summed E-state index contributed by atoms with van der Waals surface area (Å²) in [5.41, 5.74) is 0.927. The van der Waals surface area contributed by atoms with Crippen molar-refractivity contribution in [3.8, 4) is 11.8 Å². The molecule has 2 amide bonds. The van der Waals surface area contributed by atoms with Gasteiger partial charge in [0.25, 0.3) is 11.6 Å². The molecule has 2 aromatic carbocycles. The zero-order valence-corrected chi connectivity index (χ0v) is 16.1. The maximum atomic E-state index is 12.1. The molecular formula is C21H17N3O7. The second-order valence-corrected chi connectivity index (χ2v) is 6.36. The minimum absolute atomic E-state index is 0.0617. The van der Waals surface area contributed by atoms with Crippen LogP contribution in [-0.4, -0.2) is 41.6 Å². The van der Waals surface area contributed by atoms with Gasteiger partial charge < -0.3 is 20.1 Å². The van der Waals surface area contributed by atoms with Gasteiger partial charge in [0.05, 0.1) is 4.92 Å². The fourth-order valence-electron chi connectivity index (χ4n) is 2.59. The molecule has 2 N–H and O–H groups in total. The van der Waals surface area contributed by atoms with E-state index in [4.69, 9.17) is 9.47 Å². The minimum atomic E-state index is -0.858. The summed E-state index contributed by atoms with van der Waals surface area (Å²) in [4.78, 5) is 45.5.